The minimum atomic E-state index is -5.08. The summed E-state index contributed by atoms with van der Waals surface area (Å²) in [4.78, 5) is 37.9. The van der Waals surface area contributed by atoms with Crippen LogP contribution in [0.25, 0.3) is 0 Å². The van der Waals surface area contributed by atoms with Gasteiger partial charge in [0.05, 0.1) is 7.11 Å². The summed E-state index contributed by atoms with van der Waals surface area (Å²) < 4.78 is 50.2. The van der Waals surface area contributed by atoms with Crippen LogP contribution in [0.1, 0.15) is 15.9 Å². The molecule has 2 aromatic rings. The maximum Gasteiger partial charge on any atom is 0.490 e. The number of carboxylic acid groups (broad SMARTS) is 1. The average molecular weight is 499 g/mol. The molecule has 1 aliphatic heterocycles. The van der Waals surface area contributed by atoms with Gasteiger partial charge in [-0.15, -0.1) is 0 Å². The van der Waals surface area contributed by atoms with E-state index < -0.39 is 18.0 Å². The molecule has 35 heavy (non-hydrogen) atoms. The Balaban J connectivity index is 0.000000540. The van der Waals surface area contributed by atoms with Crippen LogP contribution in [-0.2, 0) is 16.1 Å². The highest BCUT2D eigenvalue weighted by atomic mass is 19.4. The zero-order valence-electron chi connectivity index (χ0n) is 18.8. The summed E-state index contributed by atoms with van der Waals surface area (Å²) in [6.07, 6.45) is -5.08. The van der Waals surface area contributed by atoms with Crippen molar-refractivity contribution < 1.29 is 41.8 Å². The Morgan fingerprint density at radius 2 is 1.69 bits per heavy atom. The number of rotatable bonds is 6. The molecule has 1 fully saturated rings. The highest BCUT2D eigenvalue weighted by molar-refractivity contribution is 5.96. The Bertz CT molecular complexity index is 1010. The van der Waals surface area contributed by atoms with Crippen molar-refractivity contribution in [2.75, 3.05) is 39.8 Å². The molecule has 0 unspecified atom stereocenters. The summed E-state index contributed by atoms with van der Waals surface area (Å²) in [5.74, 6) is -2.90. The Kier molecular flexibility index (Phi) is 10.0. The standard InChI is InChI=1S/C21H24FN3O3.C2HF3O2/c1-28-19-4-2-3-16(13-19)14-25(15-20(26)24-11-9-23-10-12-24)21(27)17-5-7-18(22)8-6-17;3-2(4,5)1(6)7/h2-8,13,23H,9-12,14-15H2,1H3;(H,6,7). The molecule has 1 heterocycles. The SMILES string of the molecule is COc1cccc(CN(CC(=O)N2CCNCC2)C(=O)c2ccc(F)cc2)c1.O=C(O)C(F)(F)F. The highest BCUT2D eigenvalue weighted by Gasteiger charge is 2.38. The zero-order valence-corrected chi connectivity index (χ0v) is 18.8. The summed E-state index contributed by atoms with van der Waals surface area (Å²) in [6.45, 7) is 2.95. The number of nitrogens with one attached hydrogen (secondary N) is 1. The number of hydrogen-bond acceptors (Lipinski definition) is 5. The first-order valence-corrected chi connectivity index (χ1v) is 10.5. The molecule has 0 atom stereocenters. The zero-order chi connectivity index (χ0) is 26.0. The number of methoxy groups -OCH3 is 1. The van der Waals surface area contributed by atoms with Crippen LogP contribution in [0.5, 0.6) is 5.75 Å². The van der Waals surface area contributed by atoms with Gasteiger partial charge in [0.25, 0.3) is 5.91 Å². The van der Waals surface area contributed by atoms with Crippen LogP contribution in [0.2, 0.25) is 0 Å². The van der Waals surface area contributed by atoms with Crippen LogP contribution in [0.3, 0.4) is 0 Å². The number of carbonyl (C=O) groups excluding carboxylic acids is 2. The lowest BCUT2D eigenvalue weighted by molar-refractivity contribution is -0.192. The van der Waals surface area contributed by atoms with Crippen molar-refractivity contribution in [1.82, 2.24) is 15.1 Å². The van der Waals surface area contributed by atoms with Gasteiger partial charge < -0.3 is 25.0 Å². The van der Waals surface area contributed by atoms with Crippen LogP contribution in [0.15, 0.2) is 48.5 Å². The van der Waals surface area contributed by atoms with E-state index in [4.69, 9.17) is 14.6 Å². The maximum absolute atomic E-state index is 13.2. The topological polar surface area (TPSA) is 99.2 Å². The number of halogens is 4. The predicted molar refractivity (Wildman–Crippen MR) is 117 cm³/mol. The summed E-state index contributed by atoms with van der Waals surface area (Å²) in [5.41, 5.74) is 1.19. The monoisotopic (exact) mass is 499 g/mol. The molecule has 2 aromatic carbocycles. The van der Waals surface area contributed by atoms with E-state index in [1.165, 1.54) is 29.2 Å². The molecule has 0 radical (unpaired) electrons. The third-order valence-corrected chi connectivity index (χ3v) is 4.92. The summed E-state index contributed by atoms with van der Waals surface area (Å²) >= 11 is 0. The molecule has 3 rings (SSSR count). The van der Waals surface area contributed by atoms with Gasteiger partial charge in [0.2, 0.25) is 5.91 Å². The van der Waals surface area contributed by atoms with Crippen molar-refractivity contribution in [1.29, 1.82) is 0 Å². The van der Waals surface area contributed by atoms with Crippen molar-refractivity contribution in [3.8, 4) is 5.75 Å². The third kappa shape index (κ3) is 8.89. The lowest BCUT2D eigenvalue weighted by atomic mass is 10.1. The largest absolute Gasteiger partial charge is 0.497 e. The van der Waals surface area contributed by atoms with Crippen molar-refractivity contribution in [2.24, 2.45) is 0 Å². The second-order valence-electron chi connectivity index (χ2n) is 7.45. The first-order chi connectivity index (χ1) is 16.5. The molecule has 1 aliphatic rings. The number of amides is 2. The van der Waals surface area contributed by atoms with E-state index in [2.05, 4.69) is 5.32 Å². The van der Waals surface area contributed by atoms with E-state index in [9.17, 15) is 27.2 Å². The molecule has 1 saturated heterocycles. The first kappa shape index (κ1) is 27.6. The van der Waals surface area contributed by atoms with Crippen molar-refractivity contribution in [3.05, 3.63) is 65.5 Å². The highest BCUT2D eigenvalue weighted by Crippen LogP contribution is 2.17. The van der Waals surface area contributed by atoms with Gasteiger partial charge in [0, 0.05) is 38.3 Å². The third-order valence-electron chi connectivity index (χ3n) is 4.92. The molecule has 0 aliphatic carbocycles. The summed E-state index contributed by atoms with van der Waals surface area (Å²) in [5, 5.41) is 10.3. The number of piperazine rings is 1. The van der Waals surface area contributed by atoms with E-state index in [0.717, 1.165) is 18.7 Å². The molecule has 0 aromatic heterocycles. The molecule has 8 nitrogen and oxygen atoms in total. The van der Waals surface area contributed by atoms with E-state index >= 15 is 0 Å². The number of nitrogens with zero attached hydrogens (tertiary/aromatic N) is 2. The number of ether oxygens (including phenoxy) is 1. The summed E-state index contributed by atoms with van der Waals surface area (Å²) in [7, 11) is 1.58. The lowest BCUT2D eigenvalue weighted by Crippen LogP contribution is -2.50. The van der Waals surface area contributed by atoms with Crippen LogP contribution in [0, 0.1) is 5.82 Å². The second-order valence-corrected chi connectivity index (χ2v) is 7.45. The fourth-order valence-corrected chi connectivity index (χ4v) is 3.14. The molecular formula is C23H25F4N3O5. The fourth-order valence-electron chi connectivity index (χ4n) is 3.14. The Morgan fingerprint density at radius 1 is 1.09 bits per heavy atom. The van der Waals surface area contributed by atoms with Gasteiger partial charge in [-0.1, -0.05) is 12.1 Å². The number of alkyl halides is 3. The molecular weight excluding hydrogens is 474 g/mol. The van der Waals surface area contributed by atoms with Gasteiger partial charge in [-0.05, 0) is 42.0 Å². The molecule has 0 saturated carbocycles. The Labute approximate surface area is 199 Å². The molecule has 2 N–H and O–H groups in total. The number of carbonyl (C=O) groups is 3. The van der Waals surface area contributed by atoms with Crippen LogP contribution in [0.4, 0.5) is 17.6 Å². The molecule has 0 spiro atoms. The van der Waals surface area contributed by atoms with Crippen molar-refractivity contribution in [3.63, 3.8) is 0 Å². The average Bonchev–Trinajstić information content (AvgIpc) is 2.84. The number of carboxylic acids is 1. The van der Waals surface area contributed by atoms with Gasteiger partial charge in [0.1, 0.15) is 18.1 Å². The van der Waals surface area contributed by atoms with Crippen molar-refractivity contribution >= 4 is 17.8 Å². The maximum atomic E-state index is 13.2. The number of hydrogen-bond donors (Lipinski definition) is 2. The molecule has 0 bridgehead atoms. The molecule has 2 amide bonds. The molecule has 190 valence electrons. The number of benzene rings is 2. The Morgan fingerprint density at radius 3 is 2.23 bits per heavy atom. The summed E-state index contributed by atoms with van der Waals surface area (Å²) in [6, 6.07) is 12.7. The smallest absolute Gasteiger partial charge is 0.490 e. The van der Waals surface area contributed by atoms with E-state index in [1.807, 2.05) is 24.3 Å². The second kappa shape index (κ2) is 12.7. The normalized spacial score (nSPS) is 13.3. The Hall–Kier alpha value is -3.67. The van der Waals surface area contributed by atoms with E-state index in [-0.39, 0.29) is 24.9 Å². The van der Waals surface area contributed by atoms with E-state index in [1.54, 1.807) is 12.0 Å². The number of aliphatic carboxylic acids is 1. The molecule has 12 heteroatoms. The quantitative estimate of drug-likeness (QED) is 0.593. The first-order valence-electron chi connectivity index (χ1n) is 10.5. The van der Waals surface area contributed by atoms with Gasteiger partial charge in [0.15, 0.2) is 0 Å². The minimum Gasteiger partial charge on any atom is -0.497 e. The predicted octanol–water partition coefficient (Wildman–Crippen LogP) is 2.54. The van der Waals surface area contributed by atoms with Crippen LogP contribution >= 0.6 is 0 Å². The van der Waals surface area contributed by atoms with Crippen LogP contribution in [-0.4, -0.2) is 78.7 Å². The van der Waals surface area contributed by atoms with Crippen molar-refractivity contribution in [2.45, 2.75) is 12.7 Å². The van der Waals surface area contributed by atoms with Gasteiger partial charge >= 0.3 is 12.1 Å². The fraction of sp³-hybridized carbons (Fsp3) is 0.348. The minimum absolute atomic E-state index is 0.0343. The van der Waals surface area contributed by atoms with Gasteiger partial charge in [-0.25, -0.2) is 9.18 Å². The lowest BCUT2D eigenvalue weighted by Gasteiger charge is -2.30. The van der Waals surface area contributed by atoms with E-state index in [0.29, 0.717) is 24.4 Å². The van der Waals surface area contributed by atoms with Crippen LogP contribution < -0.4 is 10.1 Å². The van der Waals surface area contributed by atoms with Gasteiger partial charge in [-0.2, -0.15) is 13.2 Å². The van der Waals surface area contributed by atoms with Gasteiger partial charge in [-0.3, -0.25) is 9.59 Å².